The summed E-state index contributed by atoms with van der Waals surface area (Å²) in [6.45, 7) is 12.6. The van der Waals surface area contributed by atoms with Crippen LogP contribution >= 0.6 is 0 Å². The number of nitrogens with one attached hydrogen (secondary N) is 2. The van der Waals surface area contributed by atoms with E-state index in [1.165, 1.54) is 38.5 Å². The van der Waals surface area contributed by atoms with Crippen LogP contribution in [0.25, 0.3) is 0 Å². The molecule has 0 saturated carbocycles. The third kappa shape index (κ3) is 10.2. The van der Waals surface area contributed by atoms with Gasteiger partial charge in [0.1, 0.15) is 0 Å². The van der Waals surface area contributed by atoms with Crippen LogP contribution in [-0.4, -0.2) is 25.0 Å². The number of hydrogen-bond donors (Lipinski definition) is 2. The van der Waals surface area contributed by atoms with Crippen LogP contribution < -0.4 is 10.6 Å². The number of rotatable bonds is 12. The summed E-state index contributed by atoms with van der Waals surface area (Å²) in [6, 6.07) is -0.0953. The third-order valence-electron chi connectivity index (χ3n) is 3.82. The Morgan fingerprint density at radius 3 is 2.25 bits per heavy atom. The molecule has 0 saturated heterocycles. The Morgan fingerprint density at radius 1 is 1.05 bits per heavy atom. The molecule has 0 fully saturated rings. The number of unbranched alkanes of at least 4 members (excludes halogenated alkanes) is 4. The molecule has 120 valence electrons. The normalized spacial score (nSPS) is 13.2. The predicted molar refractivity (Wildman–Crippen MR) is 87.9 cm³/mol. The van der Waals surface area contributed by atoms with Crippen LogP contribution in [0.1, 0.15) is 79.6 Å². The topological polar surface area (TPSA) is 41.1 Å². The molecule has 3 nitrogen and oxygen atoms in total. The first-order valence-corrected chi connectivity index (χ1v) is 8.44. The highest BCUT2D eigenvalue weighted by atomic mass is 16.2. The lowest BCUT2D eigenvalue weighted by Gasteiger charge is -2.27. The standard InChI is InChI=1S/C17H36N2O/c1-6-8-10-12-17(4,5)14-19-15(3)16(20)18-13-11-9-7-2/h15,19H,6-14H2,1-5H3,(H,18,20). The molecule has 0 radical (unpaired) electrons. The second-order valence-corrected chi connectivity index (χ2v) is 6.72. The van der Waals surface area contributed by atoms with E-state index in [9.17, 15) is 4.79 Å². The molecule has 0 aliphatic rings. The van der Waals surface area contributed by atoms with Crippen LogP contribution in [0.4, 0.5) is 0 Å². The maximum Gasteiger partial charge on any atom is 0.236 e. The smallest absolute Gasteiger partial charge is 0.236 e. The molecule has 0 aromatic rings. The van der Waals surface area contributed by atoms with Gasteiger partial charge in [-0.25, -0.2) is 0 Å². The van der Waals surface area contributed by atoms with Gasteiger partial charge in [0.25, 0.3) is 0 Å². The molecule has 20 heavy (non-hydrogen) atoms. The lowest BCUT2D eigenvalue weighted by molar-refractivity contribution is -0.122. The molecule has 0 heterocycles. The lowest BCUT2D eigenvalue weighted by Crippen LogP contribution is -2.45. The Morgan fingerprint density at radius 2 is 1.65 bits per heavy atom. The molecule has 0 aliphatic carbocycles. The van der Waals surface area contributed by atoms with Crippen molar-refractivity contribution in [3.63, 3.8) is 0 Å². The molecule has 2 N–H and O–H groups in total. The zero-order valence-corrected chi connectivity index (χ0v) is 14.3. The summed E-state index contributed by atoms with van der Waals surface area (Å²) in [7, 11) is 0. The predicted octanol–water partition coefficient (Wildman–Crippen LogP) is 3.88. The Labute approximate surface area is 126 Å². The Hall–Kier alpha value is -0.570. The van der Waals surface area contributed by atoms with Crippen LogP contribution in [0.3, 0.4) is 0 Å². The maximum absolute atomic E-state index is 11.9. The van der Waals surface area contributed by atoms with Gasteiger partial charge < -0.3 is 10.6 Å². The highest BCUT2D eigenvalue weighted by Crippen LogP contribution is 2.22. The van der Waals surface area contributed by atoms with E-state index in [0.29, 0.717) is 0 Å². The van der Waals surface area contributed by atoms with Gasteiger partial charge in [0.2, 0.25) is 5.91 Å². The number of amides is 1. The Bertz CT molecular complexity index is 251. The van der Waals surface area contributed by atoms with Crippen molar-refractivity contribution < 1.29 is 4.79 Å². The van der Waals surface area contributed by atoms with Gasteiger partial charge in [0.15, 0.2) is 0 Å². The second kappa shape index (κ2) is 11.1. The van der Waals surface area contributed by atoms with Crippen LogP contribution in [0.2, 0.25) is 0 Å². The molecule has 1 unspecified atom stereocenters. The molecule has 0 aliphatic heterocycles. The van der Waals surface area contributed by atoms with Gasteiger partial charge in [-0.15, -0.1) is 0 Å². The van der Waals surface area contributed by atoms with E-state index in [2.05, 4.69) is 38.3 Å². The van der Waals surface area contributed by atoms with Crippen molar-refractivity contribution in [2.45, 2.75) is 85.6 Å². The quantitative estimate of drug-likeness (QED) is 0.534. The van der Waals surface area contributed by atoms with E-state index in [1.807, 2.05) is 6.92 Å². The Balaban J connectivity index is 3.83. The molecule has 1 atom stereocenters. The van der Waals surface area contributed by atoms with Gasteiger partial charge in [0, 0.05) is 13.1 Å². The van der Waals surface area contributed by atoms with Crippen LogP contribution in [-0.2, 0) is 4.79 Å². The summed E-state index contributed by atoms with van der Waals surface area (Å²) in [5, 5.41) is 6.38. The highest BCUT2D eigenvalue weighted by molar-refractivity contribution is 5.81. The first-order valence-electron chi connectivity index (χ1n) is 8.44. The van der Waals surface area contributed by atoms with Crippen LogP contribution in [0.15, 0.2) is 0 Å². The van der Waals surface area contributed by atoms with Crippen molar-refractivity contribution in [3.05, 3.63) is 0 Å². The fraction of sp³-hybridized carbons (Fsp3) is 0.941. The fourth-order valence-corrected chi connectivity index (χ4v) is 2.20. The Kier molecular flexibility index (Phi) is 10.8. The lowest BCUT2D eigenvalue weighted by atomic mass is 9.86. The van der Waals surface area contributed by atoms with Gasteiger partial charge in [-0.3, -0.25) is 4.79 Å². The first-order chi connectivity index (χ1) is 9.43. The molecule has 0 spiro atoms. The first kappa shape index (κ1) is 19.4. The molecule has 1 amide bonds. The number of carbonyl (C=O) groups is 1. The summed E-state index contributed by atoms with van der Waals surface area (Å²) in [5.74, 6) is 0.130. The molecular formula is C17H36N2O. The zero-order valence-electron chi connectivity index (χ0n) is 14.3. The van der Waals surface area contributed by atoms with E-state index in [4.69, 9.17) is 0 Å². The number of carbonyl (C=O) groups excluding carboxylic acids is 1. The maximum atomic E-state index is 11.9. The van der Waals surface area contributed by atoms with E-state index in [0.717, 1.165) is 19.5 Å². The zero-order chi connectivity index (χ0) is 15.4. The summed E-state index contributed by atoms with van der Waals surface area (Å²) in [5.41, 5.74) is 0.270. The molecule has 0 bridgehead atoms. The average Bonchev–Trinajstić information content (AvgIpc) is 2.41. The van der Waals surface area contributed by atoms with E-state index in [1.54, 1.807) is 0 Å². The molecular weight excluding hydrogens is 248 g/mol. The van der Waals surface area contributed by atoms with Crippen molar-refractivity contribution >= 4 is 5.91 Å². The van der Waals surface area contributed by atoms with Crippen molar-refractivity contribution in [1.82, 2.24) is 10.6 Å². The summed E-state index contributed by atoms with van der Waals surface area (Å²) < 4.78 is 0. The average molecular weight is 284 g/mol. The second-order valence-electron chi connectivity index (χ2n) is 6.72. The van der Waals surface area contributed by atoms with Crippen molar-refractivity contribution in [1.29, 1.82) is 0 Å². The van der Waals surface area contributed by atoms with Crippen molar-refractivity contribution in [3.8, 4) is 0 Å². The summed E-state index contributed by atoms with van der Waals surface area (Å²) >= 11 is 0. The van der Waals surface area contributed by atoms with E-state index >= 15 is 0 Å². The molecule has 0 rings (SSSR count). The monoisotopic (exact) mass is 284 g/mol. The van der Waals surface area contributed by atoms with Crippen molar-refractivity contribution in [2.75, 3.05) is 13.1 Å². The fourth-order valence-electron chi connectivity index (χ4n) is 2.20. The van der Waals surface area contributed by atoms with Crippen molar-refractivity contribution in [2.24, 2.45) is 5.41 Å². The minimum atomic E-state index is -0.0953. The number of hydrogen-bond acceptors (Lipinski definition) is 2. The van der Waals surface area contributed by atoms with Gasteiger partial charge in [-0.1, -0.05) is 59.8 Å². The van der Waals surface area contributed by atoms with Gasteiger partial charge in [-0.2, -0.15) is 0 Å². The van der Waals surface area contributed by atoms with Crippen LogP contribution in [0.5, 0.6) is 0 Å². The van der Waals surface area contributed by atoms with E-state index in [-0.39, 0.29) is 17.4 Å². The van der Waals surface area contributed by atoms with Crippen LogP contribution in [0, 0.1) is 5.41 Å². The summed E-state index contributed by atoms with van der Waals surface area (Å²) in [4.78, 5) is 11.9. The SMILES string of the molecule is CCCCCNC(=O)C(C)NCC(C)(C)CCCCC. The minimum absolute atomic E-state index is 0.0953. The molecule has 3 heteroatoms. The largest absolute Gasteiger partial charge is 0.355 e. The highest BCUT2D eigenvalue weighted by Gasteiger charge is 2.20. The van der Waals surface area contributed by atoms with Gasteiger partial charge >= 0.3 is 0 Å². The van der Waals surface area contributed by atoms with Gasteiger partial charge in [-0.05, 0) is 25.2 Å². The molecule has 0 aromatic heterocycles. The minimum Gasteiger partial charge on any atom is -0.355 e. The summed E-state index contributed by atoms with van der Waals surface area (Å²) in [6.07, 6.45) is 8.53. The van der Waals surface area contributed by atoms with Gasteiger partial charge in [0.05, 0.1) is 6.04 Å². The third-order valence-corrected chi connectivity index (χ3v) is 3.82. The molecule has 0 aromatic carbocycles. The van der Waals surface area contributed by atoms with E-state index < -0.39 is 0 Å².